The standard InChI is InChI=1S/C16H8ClFN2S/c17-14-12-7-8-21-16(12)20-15(19-14)11-5-6-13(18)10-4-2-1-3-9(10)11/h1-8H. The number of aromatic nitrogens is 2. The molecule has 0 spiro atoms. The molecule has 0 aliphatic rings. The SMILES string of the molecule is Fc1ccc(-c2nc(Cl)c3ccsc3n2)c2ccccc12. The van der Waals surface area contributed by atoms with Gasteiger partial charge in [0.25, 0.3) is 0 Å². The molecule has 0 N–H and O–H groups in total. The molecule has 0 fully saturated rings. The normalized spacial score (nSPS) is 11.3. The fourth-order valence-corrected chi connectivity index (χ4v) is 3.45. The van der Waals surface area contributed by atoms with Crippen molar-refractivity contribution in [2.24, 2.45) is 0 Å². The third kappa shape index (κ3) is 1.99. The number of benzene rings is 2. The van der Waals surface area contributed by atoms with E-state index >= 15 is 0 Å². The van der Waals surface area contributed by atoms with Gasteiger partial charge in [0.2, 0.25) is 0 Å². The van der Waals surface area contributed by atoms with Gasteiger partial charge >= 0.3 is 0 Å². The average molecular weight is 315 g/mol. The van der Waals surface area contributed by atoms with E-state index in [0.29, 0.717) is 16.4 Å². The molecule has 102 valence electrons. The van der Waals surface area contributed by atoms with E-state index in [-0.39, 0.29) is 5.82 Å². The Labute approximate surface area is 128 Å². The minimum Gasteiger partial charge on any atom is -0.217 e. The number of thiophene rings is 1. The number of hydrogen-bond donors (Lipinski definition) is 0. The first-order valence-electron chi connectivity index (χ1n) is 6.32. The van der Waals surface area contributed by atoms with Crippen molar-refractivity contribution in [3.8, 4) is 11.4 Å². The van der Waals surface area contributed by atoms with Gasteiger partial charge in [-0.1, -0.05) is 35.9 Å². The highest BCUT2D eigenvalue weighted by Crippen LogP contribution is 2.32. The molecule has 0 atom stereocenters. The highest BCUT2D eigenvalue weighted by Gasteiger charge is 2.13. The summed E-state index contributed by atoms with van der Waals surface area (Å²) in [5.41, 5.74) is 0.782. The Morgan fingerprint density at radius 1 is 0.905 bits per heavy atom. The van der Waals surface area contributed by atoms with Crippen molar-refractivity contribution in [2.75, 3.05) is 0 Å². The Hall–Kier alpha value is -2.04. The summed E-state index contributed by atoms with van der Waals surface area (Å²) in [5.74, 6) is 0.267. The Kier molecular flexibility index (Phi) is 2.87. The van der Waals surface area contributed by atoms with Crippen LogP contribution < -0.4 is 0 Å². The smallest absolute Gasteiger partial charge is 0.163 e. The molecular weight excluding hydrogens is 307 g/mol. The van der Waals surface area contributed by atoms with E-state index in [1.54, 1.807) is 12.1 Å². The molecule has 0 aliphatic carbocycles. The lowest BCUT2D eigenvalue weighted by Gasteiger charge is -2.07. The molecule has 0 radical (unpaired) electrons. The number of hydrogen-bond acceptors (Lipinski definition) is 3. The van der Waals surface area contributed by atoms with E-state index in [4.69, 9.17) is 11.6 Å². The van der Waals surface area contributed by atoms with E-state index in [1.165, 1.54) is 17.4 Å². The maximum absolute atomic E-state index is 13.9. The molecule has 4 rings (SSSR count). The molecule has 2 aromatic heterocycles. The van der Waals surface area contributed by atoms with Gasteiger partial charge in [0.05, 0.1) is 0 Å². The molecule has 0 unspecified atom stereocenters. The van der Waals surface area contributed by atoms with Crippen LogP contribution in [0.25, 0.3) is 32.4 Å². The molecule has 2 nitrogen and oxygen atoms in total. The first kappa shape index (κ1) is 12.7. The van der Waals surface area contributed by atoms with Gasteiger partial charge in [0.15, 0.2) is 5.82 Å². The zero-order valence-corrected chi connectivity index (χ0v) is 12.2. The Morgan fingerprint density at radius 3 is 2.57 bits per heavy atom. The lowest BCUT2D eigenvalue weighted by Crippen LogP contribution is -1.92. The first-order chi connectivity index (χ1) is 10.2. The van der Waals surface area contributed by atoms with Gasteiger partial charge in [0, 0.05) is 16.3 Å². The fraction of sp³-hybridized carbons (Fsp3) is 0. The van der Waals surface area contributed by atoms with Gasteiger partial charge in [-0.2, -0.15) is 0 Å². The number of halogens is 2. The number of nitrogens with zero attached hydrogens (tertiary/aromatic N) is 2. The van der Waals surface area contributed by atoms with Crippen molar-refractivity contribution in [3.05, 3.63) is 58.8 Å². The molecular formula is C16H8ClFN2S. The van der Waals surface area contributed by atoms with Crippen molar-refractivity contribution in [1.82, 2.24) is 9.97 Å². The quantitative estimate of drug-likeness (QED) is 0.445. The number of rotatable bonds is 1. The van der Waals surface area contributed by atoms with Crippen LogP contribution in [-0.2, 0) is 0 Å². The highest BCUT2D eigenvalue weighted by atomic mass is 35.5. The van der Waals surface area contributed by atoms with Crippen molar-refractivity contribution in [3.63, 3.8) is 0 Å². The molecule has 2 aromatic carbocycles. The van der Waals surface area contributed by atoms with Crippen LogP contribution in [0.4, 0.5) is 4.39 Å². The molecule has 0 amide bonds. The van der Waals surface area contributed by atoms with Crippen molar-refractivity contribution in [1.29, 1.82) is 0 Å². The molecule has 0 aliphatic heterocycles. The van der Waals surface area contributed by atoms with Crippen LogP contribution in [0.2, 0.25) is 5.15 Å². The second-order valence-corrected chi connectivity index (χ2v) is 5.87. The molecule has 21 heavy (non-hydrogen) atoms. The summed E-state index contributed by atoms with van der Waals surface area (Å²) < 4.78 is 13.9. The third-order valence-corrected chi connectivity index (χ3v) is 4.49. The fourth-order valence-electron chi connectivity index (χ4n) is 2.40. The predicted octanol–water partition coefficient (Wildman–Crippen LogP) is 5.30. The minimum atomic E-state index is -0.252. The summed E-state index contributed by atoms with van der Waals surface area (Å²) in [7, 11) is 0. The van der Waals surface area contributed by atoms with Gasteiger partial charge < -0.3 is 0 Å². The summed E-state index contributed by atoms with van der Waals surface area (Å²) in [4.78, 5) is 9.74. The lowest BCUT2D eigenvalue weighted by atomic mass is 10.0. The van der Waals surface area contributed by atoms with Crippen molar-refractivity contribution >= 4 is 43.9 Å². The minimum absolute atomic E-state index is 0.252. The third-order valence-electron chi connectivity index (χ3n) is 3.39. The average Bonchev–Trinajstić information content (AvgIpc) is 2.97. The van der Waals surface area contributed by atoms with Crippen LogP contribution in [-0.4, -0.2) is 9.97 Å². The number of fused-ring (bicyclic) bond motifs is 2. The lowest BCUT2D eigenvalue weighted by molar-refractivity contribution is 0.640. The van der Waals surface area contributed by atoms with Crippen LogP contribution in [0.1, 0.15) is 0 Å². The van der Waals surface area contributed by atoms with Crippen LogP contribution in [0.15, 0.2) is 47.8 Å². The first-order valence-corrected chi connectivity index (χ1v) is 7.58. The summed E-state index contributed by atoms with van der Waals surface area (Å²) in [6, 6.07) is 12.3. The summed E-state index contributed by atoms with van der Waals surface area (Å²) in [6.07, 6.45) is 0. The van der Waals surface area contributed by atoms with Gasteiger partial charge in [-0.15, -0.1) is 11.3 Å². The van der Waals surface area contributed by atoms with Crippen LogP contribution in [0.3, 0.4) is 0 Å². The Balaban J connectivity index is 2.06. The van der Waals surface area contributed by atoms with E-state index < -0.39 is 0 Å². The van der Waals surface area contributed by atoms with Crippen LogP contribution in [0.5, 0.6) is 0 Å². The second kappa shape index (κ2) is 4.76. The van der Waals surface area contributed by atoms with Crippen molar-refractivity contribution in [2.45, 2.75) is 0 Å². The molecule has 0 bridgehead atoms. The van der Waals surface area contributed by atoms with Crippen LogP contribution >= 0.6 is 22.9 Å². The monoisotopic (exact) mass is 314 g/mol. The highest BCUT2D eigenvalue weighted by molar-refractivity contribution is 7.16. The molecule has 5 heteroatoms. The summed E-state index contributed by atoms with van der Waals surface area (Å²) >= 11 is 7.73. The second-order valence-electron chi connectivity index (χ2n) is 4.62. The van der Waals surface area contributed by atoms with Gasteiger partial charge in [0.1, 0.15) is 15.8 Å². The van der Waals surface area contributed by atoms with Crippen LogP contribution in [0, 0.1) is 5.82 Å². The molecule has 0 saturated heterocycles. The Bertz CT molecular complexity index is 981. The maximum Gasteiger partial charge on any atom is 0.163 e. The predicted molar refractivity (Wildman–Crippen MR) is 85.3 cm³/mol. The summed E-state index contributed by atoms with van der Waals surface area (Å²) in [5, 5.41) is 4.53. The summed E-state index contributed by atoms with van der Waals surface area (Å²) in [6.45, 7) is 0. The van der Waals surface area contributed by atoms with Gasteiger partial charge in [-0.25, -0.2) is 14.4 Å². The van der Waals surface area contributed by atoms with Crippen molar-refractivity contribution < 1.29 is 4.39 Å². The van der Waals surface area contributed by atoms with E-state index in [2.05, 4.69) is 9.97 Å². The maximum atomic E-state index is 13.9. The van der Waals surface area contributed by atoms with Gasteiger partial charge in [-0.05, 0) is 29.0 Å². The molecule has 0 saturated carbocycles. The topological polar surface area (TPSA) is 25.8 Å². The Morgan fingerprint density at radius 2 is 1.71 bits per heavy atom. The largest absolute Gasteiger partial charge is 0.217 e. The zero-order valence-electron chi connectivity index (χ0n) is 10.7. The molecule has 4 aromatic rings. The van der Waals surface area contributed by atoms with Gasteiger partial charge in [-0.3, -0.25) is 0 Å². The molecule has 2 heterocycles. The van der Waals surface area contributed by atoms with E-state index in [9.17, 15) is 4.39 Å². The zero-order chi connectivity index (χ0) is 14.4. The van der Waals surface area contributed by atoms with E-state index in [0.717, 1.165) is 21.2 Å². The van der Waals surface area contributed by atoms with E-state index in [1.807, 2.05) is 29.6 Å².